The Bertz CT molecular complexity index is 2860. The predicted octanol–water partition coefficient (Wildman–Crippen LogP) is 27.7. The minimum atomic E-state index is -0.182. The molecule has 1 aliphatic carbocycles. The first-order valence-corrected chi connectivity index (χ1v) is 39.9. The van der Waals surface area contributed by atoms with Gasteiger partial charge in [-0.05, 0) is 86.7 Å². The molecule has 5 aromatic rings. The summed E-state index contributed by atoms with van der Waals surface area (Å²) >= 11 is 0. The zero-order valence-electron chi connectivity index (χ0n) is 60.4. The Balaban J connectivity index is 1.46. The van der Waals surface area contributed by atoms with Crippen LogP contribution in [0.3, 0.4) is 0 Å². The van der Waals surface area contributed by atoms with E-state index in [-0.39, 0.29) is 11.6 Å². The zero-order chi connectivity index (χ0) is 65.6. The van der Waals surface area contributed by atoms with Crippen LogP contribution in [0.15, 0.2) is 54.6 Å². The highest BCUT2D eigenvalue weighted by Crippen LogP contribution is 2.51. The van der Waals surface area contributed by atoms with E-state index in [0.717, 1.165) is 130 Å². The first-order valence-electron chi connectivity index (χ1n) is 39.9. The number of hydrogen-bond donors (Lipinski definition) is 0. The van der Waals surface area contributed by atoms with Gasteiger partial charge in [0.15, 0.2) is 11.6 Å². The summed E-state index contributed by atoms with van der Waals surface area (Å²) in [4.78, 5) is 29.3. The Morgan fingerprint density at radius 1 is 0.226 bits per heavy atom. The molecule has 0 aromatic heterocycles. The number of unbranched alkanes of at least 4 members (excludes halogenated alkanes) is 45. The summed E-state index contributed by atoms with van der Waals surface area (Å²) in [5.74, 6) is 3.41. The Kier molecular flexibility index (Phi) is 40.6. The minimum absolute atomic E-state index is 0.177. The van der Waals surface area contributed by atoms with Crippen LogP contribution in [0.5, 0.6) is 28.7 Å². The fourth-order valence-corrected chi connectivity index (χ4v) is 14.2. The second-order valence-corrected chi connectivity index (χ2v) is 28.1. The Morgan fingerprint density at radius 2 is 0.473 bits per heavy atom. The molecule has 0 atom stereocenters. The van der Waals surface area contributed by atoms with Gasteiger partial charge < -0.3 is 23.7 Å². The van der Waals surface area contributed by atoms with E-state index < -0.39 is 0 Å². The van der Waals surface area contributed by atoms with Gasteiger partial charge in [0, 0.05) is 54.2 Å². The van der Waals surface area contributed by atoms with Gasteiger partial charge in [-0.1, -0.05) is 324 Å². The van der Waals surface area contributed by atoms with Crippen LogP contribution in [0.2, 0.25) is 0 Å². The van der Waals surface area contributed by atoms with Crippen LogP contribution in [0, 0.1) is 0 Å². The van der Waals surface area contributed by atoms with Gasteiger partial charge in [0.2, 0.25) is 0 Å². The first-order chi connectivity index (χ1) is 46.0. The summed E-state index contributed by atoms with van der Waals surface area (Å²) < 4.78 is 35.3. The lowest BCUT2D eigenvalue weighted by atomic mass is 9.84. The van der Waals surface area contributed by atoms with Crippen molar-refractivity contribution < 1.29 is 33.3 Å². The second kappa shape index (κ2) is 48.8. The summed E-state index contributed by atoms with van der Waals surface area (Å²) in [5, 5.41) is 7.05. The molecule has 0 saturated carbocycles. The molecule has 0 unspecified atom stereocenters. The van der Waals surface area contributed by atoms with Crippen molar-refractivity contribution in [2.75, 3.05) is 33.0 Å². The van der Waals surface area contributed by atoms with Gasteiger partial charge in [-0.15, -0.1) is 0 Å². The van der Waals surface area contributed by atoms with Crippen molar-refractivity contribution >= 4 is 54.7 Å². The normalized spacial score (nSPS) is 12.4. The Hall–Kier alpha value is -4.78. The number of hydrogen-bond acceptors (Lipinski definition) is 7. The first kappa shape index (κ1) is 77.2. The van der Waals surface area contributed by atoms with Crippen molar-refractivity contribution in [2.45, 2.75) is 356 Å². The monoisotopic (exact) mass is 1280 g/mol. The summed E-state index contributed by atoms with van der Waals surface area (Å²) in [6, 6.07) is 14.9. The molecule has 0 amide bonds. The molecule has 0 N–H and O–H groups in total. The number of carbonyl (C=O) groups is 2. The molecule has 520 valence electrons. The quantitative estimate of drug-likeness (QED) is 0.0283. The summed E-state index contributed by atoms with van der Waals surface area (Å²) in [6.07, 6.45) is 65.3. The van der Waals surface area contributed by atoms with Crippen molar-refractivity contribution in [1.82, 2.24) is 0 Å². The van der Waals surface area contributed by atoms with E-state index in [1.807, 2.05) is 6.07 Å². The highest BCUT2D eigenvalue weighted by Gasteiger charge is 2.29. The molecule has 0 fully saturated rings. The molecule has 0 bridgehead atoms. The van der Waals surface area contributed by atoms with Gasteiger partial charge in [0.25, 0.3) is 0 Å². The van der Waals surface area contributed by atoms with E-state index >= 15 is 0 Å². The van der Waals surface area contributed by atoms with E-state index in [1.165, 1.54) is 269 Å². The molecule has 1 aliphatic rings. The number of benzene rings is 5. The standard InChI is InChI=1S/C86H134O7/c1-6-11-16-21-26-31-36-41-46-51-62-89-77-60-61-78(90-63-52-47-42-37-32-27-22-17-12-7-2)83-73(77)68-81(93-66-55-50-45-40-35-30-25-20-15-10-5)74-69-80(92-65-54-49-44-39-34-29-24-19-14-9-4)71-57-56-70-79(91-64-53-48-43-38-33-28-23-18-13-8-3)67-72-75(87)58-59-76(88)82(72)84(70)85(71)86(74)83/h56-61,67-69H,6-55,62-66H2,1-5H3. The van der Waals surface area contributed by atoms with Crippen LogP contribution in [-0.2, 0) is 0 Å². The number of ketones is 2. The van der Waals surface area contributed by atoms with Gasteiger partial charge >= 0.3 is 0 Å². The molecule has 6 rings (SSSR count). The van der Waals surface area contributed by atoms with Crippen molar-refractivity contribution in [3.05, 3.63) is 65.7 Å². The number of carbonyl (C=O) groups excluding carboxylic acids is 2. The molecule has 93 heavy (non-hydrogen) atoms. The third kappa shape index (κ3) is 27.7. The Labute approximate surface area is 568 Å². The van der Waals surface area contributed by atoms with E-state index in [1.54, 1.807) is 0 Å². The maximum Gasteiger partial charge on any atom is 0.187 e. The molecular formula is C86H134O7. The SMILES string of the molecule is CCCCCCCCCCCCOc1ccc(OCCCCCCCCCCCC)c2c1cc(OCCCCCCCCCCCC)c1cc(OCCCCCCCCCCCC)c3ccc4c(OCCCCCCCCCCCC)cc5c(c4c3c12)C(=O)C=CC5=O. The van der Waals surface area contributed by atoms with Crippen LogP contribution in [0.25, 0.3) is 43.1 Å². The lowest BCUT2D eigenvalue weighted by Crippen LogP contribution is -2.13. The van der Waals surface area contributed by atoms with E-state index in [4.69, 9.17) is 23.7 Å². The van der Waals surface area contributed by atoms with Gasteiger partial charge in [-0.25, -0.2) is 0 Å². The molecule has 0 saturated heterocycles. The van der Waals surface area contributed by atoms with Crippen LogP contribution in [-0.4, -0.2) is 44.6 Å². The largest absolute Gasteiger partial charge is 0.493 e. The maximum absolute atomic E-state index is 14.9. The number of fused-ring (bicyclic) bond motifs is 9. The molecule has 5 aromatic carbocycles. The van der Waals surface area contributed by atoms with E-state index in [2.05, 4.69) is 71.0 Å². The van der Waals surface area contributed by atoms with Crippen LogP contribution in [0.1, 0.15) is 376 Å². The Morgan fingerprint density at radius 3 is 0.828 bits per heavy atom. The van der Waals surface area contributed by atoms with Gasteiger partial charge in [0.05, 0.1) is 33.0 Å². The highest BCUT2D eigenvalue weighted by molar-refractivity contribution is 6.37. The van der Waals surface area contributed by atoms with E-state index in [9.17, 15) is 9.59 Å². The summed E-state index contributed by atoms with van der Waals surface area (Å²) in [7, 11) is 0. The number of allylic oxidation sites excluding steroid dienone is 2. The molecule has 7 nitrogen and oxygen atoms in total. The molecular weight excluding hydrogens is 1140 g/mol. The highest BCUT2D eigenvalue weighted by atomic mass is 16.5. The zero-order valence-corrected chi connectivity index (χ0v) is 60.4. The third-order valence-electron chi connectivity index (χ3n) is 20.0. The molecule has 0 aliphatic heterocycles. The fourth-order valence-electron chi connectivity index (χ4n) is 14.2. The van der Waals surface area contributed by atoms with Gasteiger partial charge in [-0.2, -0.15) is 0 Å². The second-order valence-electron chi connectivity index (χ2n) is 28.1. The molecule has 0 radical (unpaired) electrons. The fraction of sp³-hybridized carbons (Fsp3) is 0.698. The van der Waals surface area contributed by atoms with Crippen molar-refractivity contribution in [3.63, 3.8) is 0 Å². The topological polar surface area (TPSA) is 80.3 Å². The number of rotatable bonds is 60. The molecule has 0 spiro atoms. The summed E-state index contributed by atoms with van der Waals surface area (Å²) in [5.41, 5.74) is 0.814. The average Bonchev–Trinajstić information content (AvgIpc) is 0.706. The smallest absolute Gasteiger partial charge is 0.187 e. The van der Waals surface area contributed by atoms with Crippen molar-refractivity contribution in [1.29, 1.82) is 0 Å². The molecule has 0 heterocycles. The molecule has 7 heteroatoms. The van der Waals surface area contributed by atoms with Crippen LogP contribution < -0.4 is 23.7 Å². The minimum Gasteiger partial charge on any atom is -0.493 e. The lowest BCUT2D eigenvalue weighted by Gasteiger charge is -2.23. The number of ether oxygens (including phenoxy) is 5. The van der Waals surface area contributed by atoms with Crippen molar-refractivity contribution in [2.24, 2.45) is 0 Å². The lowest BCUT2D eigenvalue weighted by molar-refractivity contribution is 0.0995. The maximum atomic E-state index is 14.9. The van der Waals surface area contributed by atoms with Crippen LogP contribution >= 0.6 is 0 Å². The predicted molar refractivity (Wildman–Crippen MR) is 401 cm³/mol. The van der Waals surface area contributed by atoms with Crippen LogP contribution in [0.4, 0.5) is 0 Å². The summed E-state index contributed by atoms with van der Waals surface area (Å²) in [6.45, 7) is 14.3. The van der Waals surface area contributed by atoms with Gasteiger partial charge in [0.1, 0.15) is 28.7 Å². The average molecular weight is 1280 g/mol. The third-order valence-corrected chi connectivity index (χ3v) is 20.0. The van der Waals surface area contributed by atoms with Gasteiger partial charge in [-0.3, -0.25) is 9.59 Å². The van der Waals surface area contributed by atoms with E-state index in [0.29, 0.717) is 49.9 Å². The van der Waals surface area contributed by atoms with Crippen molar-refractivity contribution in [3.8, 4) is 28.7 Å².